The normalized spacial score (nSPS) is 19.4. The summed E-state index contributed by atoms with van der Waals surface area (Å²) >= 11 is 1.51. The quantitative estimate of drug-likeness (QED) is 0.747. The molecule has 0 spiro atoms. The van der Waals surface area contributed by atoms with Crippen LogP contribution in [-0.4, -0.2) is 55.7 Å². The van der Waals surface area contributed by atoms with Crippen molar-refractivity contribution in [3.05, 3.63) is 23.8 Å². The maximum absolute atomic E-state index is 12.5. The number of nitrogens with one attached hydrogen (secondary N) is 2. The number of likely N-dealkylation sites (N-methyl/N-ethyl adjacent to an activating group) is 1. The zero-order valence-electron chi connectivity index (χ0n) is 11.4. The molecule has 20 heavy (non-hydrogen) atoms. The minimum atomic E-state index is -0.00436. The minimum absolute atomic E-state index is 0.00436. The summed E-state index contributed by atoms with van der Waals surface area (Å²) < 4.78 is 0. The number of benzene rings is 1. The molecule has 0 radical (unpaired) electrons. The number of fused-ring (bicyclic) bond motifs is 1. The summed E-state index contributed by atoms with van der Waals surface area (Å²) in [6, 6.07) is 5.58. The summed E-state index contributed by atoms with van der Waals surface area (Å²) in [6.07, 6.45) is 0. The molecule has 6 heteroatoms. The number of thioether (sulfide) groups is 1. The first-order chi connectivity index (χ1) is 9.63. The Kier molecular flexibility index (Phi) is 3.67. The highest BCUT2D eigenvalue weighted by molar-refractivity contribution is 8.00. The summed E-state index contributed by atoms with van der Waals surface area (Å²) in [6.45, 7) is 3.57. The van der Waals surface area contributed by atoms with Gasteiger partial charge in [-0.05, 0) is 18.2 Å². The van der Waals surface area contributed by atoms with Crippen LogP contribution in [-0.2, 0) is 4.79 Å². The number of hydrogen-bond acceptors (Lipinski definition) is 3. The average Bonchev–Trinajstić information content (AvgIpc) is 2.46. The van der Waals surface area contributed by atoms with Gasteiger partial charge in [0, 0.05) is 10.5 Å². The van der Waals surface area contributed by atoms with E-state index in [1.807, 2.05) is 17.0 Å². The molecule has 2 aliphatic rings. The number of nitrogens with zero attached hydrogens (tertiary/aromatic N) is 1. The SMILES string of the molecule is C[NH+]1CCN(C(=O)c2ccc3c(c2)NC(=O)CS3)CC1. The lowest BCUT2D eigenvalue weighted by Crippen LogP contribution is -3.12. The minimum Gasteiger partial charge on any atom is -0.334 e. The second kappa shape index (κ2) is 5.46. The number of quaternary nitrogens is 1. The average molecular weight is 292 g/mol. The molecule has 0 saturated carbocycles. The van der Waals surface area contributed by atoms with Crippen LogP contribution in [0.4, 0.5) is 5.69 Å². The van der Waals surface area contributed by atoms with Crippen LogP contribution in [0.25, 0.3) is 0 Å². The Balaban J connectivity index is 1.78. The monoisotopic (exact) mass is 292 g/mol. The summed E-state index contributed by atoms with van der Waals surface area (Å²) in [7, 11) is 2.15. The first kappa shape index (κ1) is 13.5. The van der Waals surface area contributed by atoms with Crippen LogP contribution in [0.1, 0.15) is 10.4 Å². The largest absolute Gasteiger partial charge is 0.334 e. The summed E-state index contributed by atoms with van der Waals surface area (Å²) in [4.78, 5) is 28.3. The molecule has 0 bridgehead atoms. The standard InChI is InChI=1S/C14H17N3O2S/c1-16-4-6-17(7-5-16)14(19)10-2-3-12-11(8-10)15-13(18)9-20-12/h2-3,8H,4-7,9H2,1H3,(H,15,18)/p+1. The highest BCUT2D eigenvalue weighted by Crippen LogP contribution is 2.32. The molecular formula is C14H18N3O2S+. The molecule has 0 unspecified atom stereocenters. The lowest BCUT2D eigenvalue weighted by Gasteiger charge is -2.30. The molecule has 0 atom stereocenters. The van der Waals surface area contributed by atoms with Crippen LogP contribution in [0.2, 0.25) is 0 Å². The Labute approximate surface area is 122 Å². The van der Waals surface area contributed by atoms with E-state index < -0.39 is 0 Å². The summed E-state index contributed by atoms with van der Waals surface area (Å²) in [5.41, 5.74) is 1.42. The number of anilines is 1. The first-order valence-electron chi connectivity index (χ1n) is 6.81. The van der Waals surface area contributed by atoms with E-state index in [1.54, 1.807) is 6.07 Å². The first-order valence-corrected chi connectivity index (χ1v) is 7.79. The van der Waals surface area contributed by atoms with Gasteiger partial charge in [-0.2, -0.15) is 0 Å². The van der Waals surface area contributed by atoms with Gasteiger partial charge in [-0.25, -0.2) is 0 Å². The third kappa shape index (κ3) is 2.66. The number of rotatable bonds is 1. The van der Waals surface area contributed by atoms with E-state index in [2.05, 4.69) is 12.4 Å². The molecule has 1 aromatic rings. The fourth-order valence-corrected chi connectivity index (χ4v) is 3.28. The van der Waals surface area contributed by atoms with Crippen molar-refractivity contribution in [2.75, 3.05) is 44.3 Å². The third-order valence-electron chi connectivity index (χ3n) is 3.76. The van der Waals surface area contributed by atoms with E-state index in [4.69, 9.17) is 0 Å². The maximum Gasteiger partial charge on any atom is 0.254 e. The van der Waals surface area contributed by atoms with E-state index in [-0.39, 0.29) is 11.8 Å². The van der Waals surface area contributed by atoms with Gasteiger partial charge in [-0.3, -0.25) is 9.59 Å². The van der Waals surface area contributed by atoms with Gasteiger partial charge >= 0.3 is 0 Å². The summed E-state index contributed by atoms with van der Waals surface area (Å²) in [5, 5.41) is 2.83. The van der Waals surface area contributed by atoms with E-state index in [0.29, 0.717) is 11.3 Å². The molecule has 1 fully saturated rings. The fraction of sp³-hybridized carbons (Fsp3) is 0.429. The molecule has 2 aliphatic heterocycles. The van der Waals surface area contributed by atoms with E-state index in [0.717, 1.165) is 36.8 Å². The van der Waals surface area contributed by atoms with Gasteiger partial charge in [0.2, 0.25) is 5.91 Å². The van der Waals surface area contributed by atoms with Gasteiger partial charge < -0.3 is 15.1 Å². The van der Waals surface area contributed by atoms with Gasteiger partial charge in [0.15, 0.2) is 0 Å². The molecule has 2 heterocycles. The molecule has 0 aliphatic carbocycles. The number of carbonyl (C=O) groups is 2. The lowest BCUT2D eigenvalue weighted by molar-refractivity contribution is -0.883. The molecule has 2 amide bonds. The van der Waals surface area contributed by atoms with Gasteiger partial charge in [-0.15, -0.1) is 11.8 Å². The molecular weight excluding hydrogens is 274 g/mol. The molecule has 106 valence electrons. The second-order valence-corrected chi connectivity index (χ2v) is 6.31. The van der Waals surface area contributed by atoms with Crippen molar-refractivity contribution in [2.45, 2.75) is 4.90 Å². The topological polar surface area (TPSA) is 53.9 Å². The molecule has 3 rings (SSSR count). The highest BCUT2D eigenvalue weighted by Gasteiger charge is 2.24. The highest BCUT2D eigenvalue weighted by atomic mass is 32.2. The Morgan fingerprint density at radius 1 is 1.35 bits per heavy atom. The van der Waals surface area contributed by atoms with E-state index in [1.165, 1.54) is 16.7 Å². The van der Waals surface area contributed by atoms with E-state index in [9.17, 15) is 9.59 Å². The summed E-state index contributed by atoms with van der Waals surface area (Å²) in [5.74, 6) is 0.502. The van der Waals surface area contributed by atoms with Crippen molar-refractivity contribution in [1.82, 2.24) is 4.90 Å². The predicted molar refractivity (Wildman–Crippen MR) is 78.3 cm³/mol. The van der Waals surface area contributed by atoms with Gasteiger partial charge in [-0.1, -0.05) is 0 Å². The number of hydrogen-bond donors (Lipinski definition) is 2. The molecule has 1 saturated heterocycles. The van der Waals surface area contributed by atoms with Crippen molar-refractivity contribution in [3.8, 4) is 0 Å². The molecule has 2 N–H and O–H groups in total. The van der Waals surface area contributed by atoms with Gasteiger partial charge in [0.05, 0.1) is 44.7 Å². The zero-order chi connectivity index (χ0) is 14.1. The van der Waals surface area contributed by atoms with Crippen LogP contribution in [0.3, 0.4) is 0 Å². The van der Waals surface area contributed by atoms with Crippen molar-refractivity contribution in [1.29, 1.82) is 0 Å². The van der Waals surface area contributed by atoms with Crippen LogP contribution in [0.15, 0.2) is 23.1 Å². The van der Waals surface area contributed by atoms with Crippen molar-refractivity contribution in [2.24, 2.45) is 0 Å². The molecule has 5 nitrogen and oxygen atoms in total. The van der Waals surface area contributed by atoms with Crippen molar-refractivity contribution in [3.63, 3.8) is 0 Å². The predicted octanol–water partition coefficient (Wildman–Crippen LogP) is -0.299. The number of piperazine rings is 1. The maximum atomic E-state index is 12.5. The zero-order valence-corrected chi connectivity index (χ0v) is 12.3. The fourth-order valence-electron chi connectivity index (χ4n) is 2.49. The van der Waals surface area contributed by atoms with Crippen LogP contribution in [0.5, 0.6) is 0 Å². The van der Waals surface area contributed by atoms with Crippen molar-refractivity contribution >= 4 is 29.3 Å². The third-order valence-corrected chi connectivity index (χ3v) is 4.84. The van der Waals surface area contributed by atoms with Gasteiger partial charge in [0.1, 0.15) is 0 Å². The Morgan fingerprint density at radius 2 is 2.10 bits per heavy atom. The lowest BCUT2D eigenvalue weighted by atomic mass is 10.1. The van der Waals surface area contributed by atoms with Crippen LogP contribution < -0.4 is 10.2 Å². The number of amides is 2. The Hall–Kier alpha value is -1.53. The Morgan fingerprint density at radius 3 is 2.85 bits per heavy atom. The Bertz CT molecular complexity index is 553. The smallest absolute Gasteiger partial charge is 0.254 e. The van der Waals surface area contributed by atoms with Crippen LogP contribution >= 0.6 is 11.8 Å². The molecule has 0 aromatic heterocycles. The second-order valence-electron chi connectivity index (χ2n) is 5.30. The molecule has 1 aromatic carbocycles. The van der Waals surface area contributed by atoms with Crippen LogP contribution in [0, 0.1) is 0 Å². The van der Waals surface area contributed by atoms with Gasteiger partial charge in [0.25, 0.3) is 5.91 Å². The van der Waals surface area contributed by atoms with Crippen molar-refractivity contribution < 1.29 is 14.5 Å². The van der Waals surface area contributed by atoms with E-state index >= 15 is 0 Å². The number of carbonyl (C=O) groups excluding carboxylic acids is 2.